The van der Waals surface area contributed by atoms with Crippen molar-refractivity contribution < 1.29 is 4.84 Å². The highest BCUT2D eigenvalue weighted by atomic mass is 35.5. The Morgan fingerprint density at radius 2 is 2.38 bits per heavy atom. The molecule has 0 N–H and O–H groups in total. The molecule has 86 valence electrons. The van der Waals surface area contributed by atoms with E-state index in [4.69, 9.17) is 16.4 Å². The Bertz CT molecular complexity index is 402. The van der Waals surface area contributed by atoms with Crippen LogP contribution in [0.1, 0.15) is 25.8 Å². The molecule has 0 atom stereocenters. The standard InChI is InChI=1S/C12H15ClN2O/c1-4-9(2)8-16-15-10(3)11-6-5-7-14-12(11)13/h5-7H,2,4,8H2,1,3H3. The lowest BCUT2D eigenvalue weighted by Crippen LogP contribution is -2.00. The minimum absolute atomic E-state index is 0.432. The zero-order chi connectivity index (χ0) is 12.0. The zero-order valence-electron chi connectivity index (χ0n) is 9.53. The molecule has 0 fully saturated rings. The van der Waals surface area contributed by atoms with Crippen molar-refractivity contribution in [3.63, 3.8) is 0 Å². The van der Waals surface area contributed by atoms with Crippen LogP contribution in [0.3, 0.4) is 0 Å². The molecular weight excluding hydrogens is 224 g/mol. The first-order valence-corrected chi connectivity index (χ1v) is 5.47. The minimum Gasteiger partial charge on any atom is -0.391 e. The van der Waals surface area contributed by atoms with Gasteiger partial charge in [0.15, 0.2) is 0 Å². The number of halogens is 1. The number of hydrogen-bond acceptors (Lipinski definition) is 3. The maximum absolute atomic E-state index is 5.92. The fraction of sp³-hybridized carbons (Fsp3) is 0.333. The van der Waals surface area contributed by atoms with Crippen LogP contribution in [0.5, 0.6) is 0 Å². The summed E-state index contributed by atoms with van der Waals surface area (Å²) in [6.45, 7) is 8.12. The lowest BCUT2D eigenvalue weighted by molar-refractivity contribution is 0.166. The maximum Gasteiger partial charge on any atom is 0.138 e. The normalized spacial score (nSPS) is 11.3. The molecule has 1 aromatic heterocycles. The quantitative estimate of drug-likeness (QED) is 0.341. The van der Waals surface area contributed by atoms with Gasteiger partial charge in [0.05, 0.1) is 5.71 Å². The van der Waals surface area contributed by atoms with E-state index in [0.717, 1.165) is 17.6 Å². The summed E-state index contributed by atoms with van der Waals surface area (Å²) >= 11 is 5.92. The van der Waals surface area contributed by atoms with Crippen LogP contribution in [0.2, 0.25) is 5.15 Å². The van der Waals surface area contributed by atoms with Crippen molar-refractivity contribution in [2.24, 2.45) is 5.16 Å². The van der Waals surface area contributed by atoms with Gasteiger partial charge in [-0.3, -0.25) is 0 Å². The highest BCUT2D eigenvalue weighted by molar-refractivity contribution is 6.32. The van der Waals surface area contributed by atoms with Crippen molar-refractivity contribution in [1.29, 1.82) is 0 Å². The van der Waals surface area contributed by atoms with E-state index in [2.05, 4.69) is 16.7 Å². The summed E-state index contributed by atoms with van der Waals surface area (Å²) in [6.07, 6.45) is 2.53. The molecule has 1 aromatic rings. The Balaban J connectivity index is 2.64. The summed E-state index contributed by atoms with van der Waals surface area (Å²) < 4.78 is 0. The smallest absolute Gasteiger partial charge is 0.138 e. The Kier molecular flexibility index (Phi) is 4.99. The van der Waals surface area contributed by atoms with E-state index in [9.17, 15) is 0 Å². The van der Waals surface area contributed by atoms with Crippen LogP contribution in [0, 0.1) is 0 Å². The second kappa shape index (κ2) is 6.28. The molecule has 0 aliphatic heterocycles. The molecule has 0 unspecified atom stereocenters. The number of oxime groups is 1. The van der Waals surface area contributed by atoms with E-state index < -0.39 is 0 Å². The zero-order valence-corrected chi connectivity index (χ0v) is 10.3. The van der Waals surface area contributed by atoms with Crippen LogP contribution in [0.25, 0.3) is 0 Å². The summed E-state index contributed by atoms with van der Waals surface area (Å²) in [6, 6.07) is 3.66. The molecule has 1 heterocycles. The third kappa shape index (κ3) is 3.66. The molecule has 1 rings (SSSR count). The van der Waals surface area contributed by atoms with Crippen molar-refractivity contribution in [2.45, 2.75) is 20.3 Å². The largest absolute Gasteiger partial charge is 0.391 e. The molecule has 0 spiro atoms. The van der Waals surface area contributed by atoms with Gasteiger partial charge >= 0.3 is 0 Å². The van der Waals surface area contributed by atoms with E-state index in [1.165, 1.54) is 0 Å². The van der Waals surface area contributed by atoms with Gasteiger partial charge < -0.3 is 4.84 Å². The van der Waals surface area contributed by atoms with Crippen LogP contribution in [0.15, 0.2) is 35.6 Å². The van der Waals surface area contributed by atoms with Crippen LogP contribution in [-0.2, 0) is 4.84 Å². The summed E-state index contributed by atoms with van der Waals surface area (Å²) in [5, 5.41) is 4.41. The van der Waals surface area contributed by atoms with E-state index in [0.29, 0.717) is 17.5 Å². The highest BCUT2D eigenvalue weighted by Gasteiger charge is 2.04. The first-order valence-electron chi connectivity index (χ1n) is 5.09. The van der Waals surface area contributed by atoms with Gasteiger partial charge in [0, 0.05) is 11.8 Å². The number of aromatic nitrogens is 1. The van der Waals surface area contributed by atoms with Gasteiger partial charge in [0.1, 0.15) is 11.8 Å². The summed E-state index contributed by atoms with van der Waals surface area (Å²) in [4.78, 5) is 9.13. The Labute approximate surface area is 101 Å². The van der Waals surface area contributed by atoms with Gasteiger partial charge in [-0.15, -0.1) is 0 Å². The van der Waals surface area contributed by atoms with Gasteiger partial charge in [-0.1, -0.05) is 30.3 Å². The van der Waals surface area contributed by atoms with Gasteiger partial charge in [-0.25, -0.2) is 4.98 Å². The van der Waals surface area contributed by atoms with Crippen LogP contribution in [0.4, 0.5) is 0 Å². The SMILES string of the molecule is C=C(CC)CON=C(C)c1cccnc1Cl. The predicted octanol–water partition coefficient (Wildman–Crippen LogP) is 3.44. The summed E-state index contributed by atoms with van der Waals surface area (Å²) in [5.41, 5.74) is 2.50. The second-order valence-corrected chi connectivity index (χ2v) is 3.75. The van der Waals surface area contributed by atoms with Crippen molar-refractivity contribution in [3.8, 4) is 0 Å². The Morgan fingerprint density at radius 1 is 1.62 bits per heavy atom. The monoisotopic (exact) mass is 238 g/mol. The molecule has 0 radical (unpaired) electrons. The molecular formula is C12H15ClN2O. The first-order chi connectivity index (χ1) is 7.65. The third-order valence-corrected chi connectivity index (χ3v) is 2.42. The highest BCUT2D eigenvalue weighted by Crippen LogP contribution is 2.12. The van der Waals surface area contributed by atoms with Gasteiger partial charge in [0.2, 0.25) is 0 Å². The van der Waals surface area contributed by atoms with Crippen molar-refractivity contribution in [3.05, 3.63) is 41.2 Å². The van der Waals surface area contributed by atoms with E-state index in [1.54, 1.807) is 6.20 Å². The maximum atomic E-state index is 5.92. The number of pyridine rings is 1. The first kappa shape index (κ1) is 12.7. The molecule has 0 aliphatic carbocycles. The number of rotatable bonds is 5. The average molecular weight is 239 g/mol. The molecule has 0 saturated heterocycles. The van der Waals surface area contributed by atoms with Gasteiger partial charge in [0.25, 0.3) is 0 Å². The predicted molar refractivity (Wildman–Crippen MR) is 66.8 cm³/mol. The summed E-state index contributed by atoms with van der Waals surface area (Å²) in [7, 11) is 0. The second-order valence-electron chi connectivity index (χ2n) is 3.40. The molecule has 4 heteroatoms. The van der Waals surface area contributed by atoms with Crippen molar-refractivity contribution >= 4 is 17.3 Å². The van der Waals surface area contributed by atoms with Crippen LogP contribution in [-0.4, -0.2) is 17.3 Å². The Morgan fingerprint density at radius 3 is 3.00 bits per heavy atom. The molecule has 0 bridgehead atoms. The number of hydrogen-bond donors (Lipinski definition) is 0. The topological polar surface area (TPSA) is 34.5 Å². The third-order valence-electron chi connectivity index (χ3n) is 2.12. The average Bonchev–Trinajstić information content (AvgIpc) is 2.29. The minimum atomic E-state index is 0.432. The van der Waals surface area contributed by atoms with Gasteiger partial charge in [-0.2, -0.15) is 0 Å². The molecule has 0 aromatic carbocycles. The molecule has 3 nitrogen and oxygen atoms in total. The van der Waals surface area contributed by atoms with E-state index in [1.807, 2.05) is 26.0 Å². The fourth-order valence-corrected chi connectivity index (χ4v) is 1.28. The Hall–Kier alpha value is -1.35. The fourth-order valence-electron chi connectivity index (χ4n) is 1.03. The molecule has 0 saturated carbocycles. The lowest BCUT2D eigenvalue weighted by Gasteiger charge is -2.04. The van der Waals surface area contributed by atoms with Crippen molar-refractivity contribution in [1.82, 2.24) is 4.98 Å². The molecule has 16 heavy (non-hydrogen) atoms. The molecule has 0 amide bonds. The van der Waals surface area contributed by atoms with E-state index >= 15 is 0 Å². The number of nitrogens with zero attached hydrogens (tertiary/aromatic N) is 2. The molecule has 0 aliphatic rings. The summed E-state index contributed by atoms with van der Waals surface area (Å²) in [5.74, 6) is 0. The van der Waals surface area contributed by atoms with Crippen molar-refractivity contribution in [2.75, 3.05) is 6.61 Å². The lowest BCUT2D eigenvalue weighted by atomic mass is 10.2. The van der Waals surface area contributed by atoms with E-state index in [-0.39, 0.29) is 0 Å². The van der Waals surface area contributed by atoms with Crippen LogP contribution < -0.4 is 0 Å². The van der Waals surface area contributed by atoms with Crippen LogP contribution >= 0.6 is 11.6 Å². The van der Waals surface area contributed by atoms with Gasteiger partial charge in [-0.05, 0) is 31.1 Å².